The third-order valence-electron chi connectivity index (χ3n) is 4.91. The van der Waals surface area contributed by atoms with Crippen molar-refractivity contribution in [1.29, 1.82) is 0 Å². The molecule has 3 N–H and O–H groups in total. The van der Waals surface area contributed by atoms with Crippen LogP contribution in [0.5, 0.6) is 11.5 Å². The van der Waals surface area contributed by atoms with Crippen LogP contribution in [0.1, 0.15) is 29.8 Å². The van der Waals surface area contributed by atoms with Crippen molar-refractivity contribution in [1.82, 2.24) is 5.32 Å². The van der Waals surface area contributed by atoms with E-state index in [0.717, 1.165) is 30.3 Å². The second kappa shape index (κ2) is 14.5. The van der Waals surface area contributed by atoms with Crippen LogP contribution in [0.4, 0.5) is 29.3 Å². The Hall–Kier alpha value is -4.85. The quantitative estimate of drug-likeness (QED) is 0.196. The van der Waals surface area contributed by atoms with Gasteiger partial charge < -0.3 is 19.9 Å². The molecule has 1 unspecified atom stereocenters. The summed E-state index contributed by atoms with van der Waals surface area (Å²) in [6, 6.07) is 14.2. The van der Waals surface area contributed by atoms with Gasteiger partial charge in [0.1, 0.15) is 17.1 Å². The lowest BCUT2D eigenvalue weighted by atomic mass is 10.1. The average Bonchev–Trinajstić information content (AvgIpc) is 2.90. The first-order valence-electron chi connectivity index (χ1n) is 11.6. The number of nitro benzene ring substituents is 1. The van der Waals surface area contributed by atoms with Gasteiger partial charge in [-0.15, -0.1) is 0 Å². The SMILES string of the molecule is CCNC(=O)C(C)OC(=O)Nc1ccccc1.O=C(O)c1cc(Oc2ccc(C(F)(F)F)cc2Cl)ccc1[N+](=O)[O-]. The molecule has 41 heavy (non-hydrogen) atoms. The van der Waals surface area contributed by atoms with E-state index >= 15 is 0 Å². The zero-order chi connectivity index (χ0) is 30.7. The molecule has 0 saturated carbocycles. The molecule has 0 radical (unpaired) electrons. The van der Waals surface area contributed by atoms with Gasteiger partial charge in [0, 0.05) is 24.4 Å². The number of likely N-dealkylation sites (N-methyl/N-ethyl adjacent to an activating group) is 1. The standard InChI is InChI=1S/C14H7ClF3NO5.C12H16N2O3/c15-10-5-7(14(16,17)18)1-4-12(10)24-8-2-3-11(19(22)23)9(6-8)13(20)21;1-3-13-11(15)9(2)17-12(16)14-10-7-5-4-6-8-10/h1-6H,(H,20,21);4-9H,3H2,1-2H3,(H,13,15)(H,14,16). The maximum Gasteiger partial charge on any atom is 0.416 e. The lowest BCUT2D eigenvalue weighted by Gasteiger charge is -2.13. The van der Waals surface area contributed by atoms with Crippen LogP contribution < -0.4 is 15.4 Å². The van der Waals surface area contributed by atoms with Gasteiger partial charge in [-0.05, 0) is 50.2 Å². The molecule has 0 spiro atoms. The number of alkyl halides is 3. The number of carbonyl (C=O) groups is 3. The minimum Gasteiger partial charge on any atom is -0.477 e. The molecule has 3 aromatic carbocycles. The molecule has 218 valence electrons. The first kappa shape index (κ1) is 32.4. The largest absolute Gasteiger partial charge is 0.477 e. The molecule has 0 heterocycles. The molecule has 15 heteroatoms. The first-order chi connectivity index (χ1) is 19.2. The van der Waals surface area contributed by atoms with E-state index in [2.05, 4.69) is 10.6 Å². The van der Waals surface area contributed by atoms with E-state index in [9.17, 15) is 37.7 Å². The number of amides is 2. The summed E-state index contributed by atoms with van der Waals surface area (Å²) in [4.78, 5) is 43.7. The van der Waals surface area contributed by atoms with Gasteiger partial charge in [-0.1, -0.05) is 29.8 Å². The Kier molecular flexibility index (Phi) is 11.5. The number of carbonyl (C=O) groups excluding carboxylic acids is 2. The van der Waals surface area contributed by atoms with Crippen LogP contribution >= 0.6 is 11.6 Å². The second-order valence-electron chi connectivity index (χ2n) is 7.92. The number of para-hydroxylation sites is 1. The summed E-state index contributed by atoms with van der Waals surface area (Å²) in [6.07, 6.45) is -6.03. The van der Waals surface area contributed by atoms with Crippen molar-refractivity contribution in [3.63, 3.8) is 0 Å². The van der Waals surface area contributed by atoms with Crippen molar-refractivity contribution < 1.29 is 47.1 Å². The third kappa shape index (κ3) is 10.0. The molecule has 0 bridgehead atoms. The van der Waals surface area contributed by atoms with Gasteiger partial charge in [0.15, 0.2) is 6.10 Å². The van der Waals surface area contributed by atoms with Gasteiger partial charge in [0.05, 0.1) is 15.5 Å². The van der Waals surface area contributed by atoms with Crippen molar-refractivity contribution in [2.24, 2.45) is 0 Å². The number of halogens is 4. The lowest BCUT2D eigenvalue weighted by molar-refractivity contribution is -0.385. The number of nitrogens with zero attached hydrogens (tertiary/aromatic N) is 1. The van der Waals surface area contributed by atoms with E-state index in [4.69, 9.17) is 26.2 Å². The molecule has 2 amide bonds. The maximum absolute atomic E-state index is 12.6. The van der Waals surface area contributed by atoms with Gasteiger partial charge in [-0.25, -0.2) is 9.59 Å². The van der Waals surface area contributed by atoms with Gasteiger partial charge in [0.2, 0.25) is 0 Å². The average molecular weight is 598 g/mol. The summed E-state index contributed by atoms with van der Waals surface area (Å²) < 4.78 is 47.8. The highest BCUT2D eigenvalue weighted by Gasteiger charge is 2.31. The lowest BCUT2D eigenvalue weighted by Crippen LogP contribution is -2.36. The number of nitro groups is 1. The second-order valence-corrected chi connectivity index (χ2v) is 8.33. The van der Waals surface area contributed by atoms with Crippen molar-refractivity contribution in [2.45, 2.75) is 26.1 Å². The highest BCUT2D eigenvalue weighted by Crippen LogP contribution is 2.37. The van der Waals surface area contributed by atoms with E-state index in [-0.39, 0.29) is 22.4 Å². The molecule has 3 aromatic rings. The number of benzene rings is 3. The summed E-state index contributed by atoms with van der Waals surface area (Å²) in [7, 11) is 0. The predicted octanol–water partition coefficient (Wildman–Crippen LogP) is 6.52. The summed E-state index contributed by atoms with van der Waals surface area (Å²) >= 11 is 5.72. The summed E-state index contributed by atoms with van der Waals surface area (Å²) in [5.41, 5.74) is -1.62. The van der Waals surface area contributed by atoms with E-state index in [1.165, 1.54) is 6.92 Å². The summed E-state index contributed by atoms with van der Waals surface area (Å²) in [5.74, 6) is -2.14. The van der Waals surface area contributed by atoms with Crippen LogP contribution in [0.25, 0.3) is 0 Å². The van der Waals surface area contributed by atoms with Crippen molar-refractivity contribution in [3.05, 3.63) is 93.0 Å². The van der Waals surface area contributed by atoms with Crippen LogP contribution in [-0.4, -0.2) is 40.6 Å². The van der Waals surface area contributed by atoms with Crippen LogP contribution in [0, 0.1) is 10.1 Å². The number of aromatic carboxylic acids is 1. The number of rotatable bonds is 8. The van der Waals surface area contributed by atoms with Crippen LogP contribution in [0.3, 0.4) is 0 Å². The molecule has 11 nitrogen and oxygen atoms in total. The molecule has 3 rings (SSSR count). The van der Waals surface area contributed by atoms with Crippen LogP contribution in [0.15, 0.2) is 66.7 Å². The fraction of sp³-hybridized carbons (Fsp3) is 0.192. The molecule has 1 atom stereocenters. The molecular formula is C26H23ClF3N3O8. The minimum absolute atomic E-state index is 0.125. The number of anilines is 1. The molecule has 0 aromatic heterocycles. The number of nitrogens with one attached hydrogen (secondary N) is 2. The Morgan fingerprint density at radius 3 is 2.27 bits per heavy atom. The smallest absolute Gasteiger partial charge is 0.416 e. The number of hydrogen-bond acceptors (Lipinski definition) is 7. The number of carboxylic acid groups (broad SMARTS) is 1. The van der Waals surface area contributed by atoms with E-state index < -0.39 is 46.1 Å². The zero-order valence-corrected chi connectivity index (χ0v) is 22.2. The molecule has 0 aliphatic carbocycles. The highest BCUT2D eigenvalue weighted by atomic mass is 35.5. The topological polar surface area (TPSA) is 157 Å². The van der Waals surface area contributed by atoms with E-state index in [1.54, 1.807) is 31.2 Å². The molecule has 0 aliphatic rings. The Morgan fingerprint density at radius 2 is 1.73 bits per heavy atom. The van der Waals surface area contributed by atoms with Crippen molar-refractivity contribution in [2.75, 3.05) is 11.9 Å². The van der Waals surface area contributed by atoms with Gasteiger partial charge in [0.25, 0.3) is 11.6 Å². The Balaban J connectivity index is 0.000000305. The van der Waals surface area contributed by atoms with Crippen molar-refractivity contribution in [3.8, 4) is 11.5 Å². The maximum atomic E-state index is 12.6. The molecule has 0 fully saturated rings. The number of ether oxygens (including phenoxy) is 2. The van der Waals surface area contributed by atoms with E-state index in [1.807, 2.05) is 6.07 Å². The number of hydrogen-bond donors (Lipinski definition) is 3. The fourth-order valence-electron chi connectivity index (χ4n) is 3.00. The Morgan fingerprint density at radius 1 is 1.07 bits per heavy atom. The summed E-state index contributed by atoms with van der Waals surface area (Å²) in [5, 5.41) is 24.5. The first-order valence-corrected chi connectivity index (χ1v) is 12.0. The molecular weight excluding hydrogens is 575 g/mol. The monoisotopic (exact) mass is 597 g/mol. The Bertz CT molecular complexity index is 1400. The van der Waals surface area contributed by atoms with E-state index in [0.29, 0.717) is 18.3 Å². The highest BCUT2D eigenvalue weighted by molar-refractivity contribution is 6.32. The third-order valence-corrected chi connectivity index (χ3v) is 5.20. The fourth-order valence-corrected chi connectivity index (χ4v) is 3.22. The molecule has 0 aliphatic heterocycles. The van der Waals surface area contributed by atoms with Gasteiger partial charge in [-0.3, -0.25) is 20.2 Å². The van der Waals surface area contributed by atoms with Crippen molar-refractivity contribution >= 4 is 40.9 Å². The van der Waals surface area contributed by atoms with Crippen LogP contribution in [-0.2, 0) is 15.7 Å². The zero-order valence-electron chi connectivity index (χ0n) is 21.4. The van der Waals surface area contributed by atoms with Gasteiger partial charge >= 0.3 is 18.2 Å². The summed E-state index contributed by atoms with van der Waals surface area (Å²) in [6.45, 7) is 3.83. The predicted molar refractivity (Wildman–Crippen MR) is 141 cm³/mol. The van der Waals surface area contributed by atoms with Crippen LogP contribution in [0.2, 0.25) is 5.02 Å². The Labute approximate surface area is 236 Å². The minimum atomic E-state index is -4.58. The van der Waals surface area contributed by atoms with Gasteiger partial charge in [-0.2, -0.15) is 13.2 Å². The molecule has 0 saturated heterocycles. The number of carboxylic acids is 1. The normalized spacial score (nSPS) is 11.3.